The number of hydrogen-bond donors (Lipinski definition) is 1. The van der Waals surface area contributed by atoms with Gasteiger partial charge in [-0.1, -0.05) is 5.22 Å². The summed E-state index contributed by atoms with van der Waals surface area (Å²) in [5.74, 6) is -2.84. The molecule has 2 aromatic carbocycles. The highest BCUT2D eigenvalue weighted by Gasteiger charge is 2.55. The predicted octanol–water partition coefficient (Wildman–Crippen LogP) is 1.91. The Kier molecular flexibility index (Phi) is 5.43. The number of halogens is 2. The molecule has 0 saturated carbocycles. The van der Waals surface area contributed by atoms with Gasteiger partial charge in [0.15, 0.2) is 23.6 Å². The number of fused-ring (bicyclic) bond motifs is 1. The fraction of sp³-hybridized carbons (Fsp3) is 0.250. The fourth-order valence-corrected chi connectivity index (χ4v) is 3.50. The van der Waals surface area contributed by atoms with Crippen LogP contribution in [0, 0.1) is 11.6 Å². The topological polar surface area (TPSA) is 113 Å². The Labute approximate surface area is 180 Å². The zero-order chi connectivity index (χ0) is 23.0. The van der Waals surface area contributed by atoms with Gasteiger partial charge in [-0.3, -0.25) is 19.4 Å². The Morgan fingerprint density at radius 2 is 1.81 bits per heavy atom. The second kappa shape index (κ2) is 8.21. The molecule has 166 valence electrons. The maximum Gasteiger partial charge on any atom is 0.263 e. The molecule has 2 aliphatic rings. The van der Waals surface area contributed by atoms with E-state index in [1.54, 1.807) is 6.07 Å². The Balaban J connectivity index is 1.52. The van der Waals surface area contributed by atoms with E-state index in [1.165, 1.54) is 26.4 Å². The highest BCUT2D eigenvalue weighted by molar-refractivity contribution is 6.25. The zero-order valence-electron chi connectivity index (χ0n) is 16.9. The van der Waals surface area contributed by atoms with Crippen LogP contribution in [0.4, 0.5) is 20.2 Å². The van der Waals surface area contributed by atoms with Gasteiger partial charge in [0.1, 0.15) is 18.2 Å². The SMILES string of the molecule is COc1ccc(N2C(=O)[C@H]3N=NN(CC(=O)Nc4cc(F)ccc4F)[C@H]3C2=O)cc1OC. The first-order chi connectivity index (χ1) is 15.3. The first-order valence-corrected chi connectivity index (χ1v) is 9.36. The molecule has 0 aliphatic carbocycles. The number of nitrogens with one attached hydrogen (secondary N) is 1. The smallest absolute Gasteiger partial charge is 0.263 e. The zero-order valence-corrected chi connectivity index (χ0v) is 16.9. The minimum absolute atomic E-state index is 0.244. The van der Waals surface area contributed by atoms with Crippen molar-refractivity contribution in [1.29, 1.82) is 0 Å². The Hall–Kier alpha value is -4.09. The molecule has 0 unspecified atom stereocenters. The van der Waals surface area contributed by atoms with Crippen LogP contribution in [0.5, 0.6) is 11.5 Å². The minimum Gasteiger partial charge on any atom is -0.493 e. The molecule has 2 atom stereocenters. The van der Waals surface area contributed by atoms with Crippen molar-refractivity contribution in [2.45, 2.75) is 12.1 Å². The maximum absolute atomic E-state index is 13.8. The normalized spacial score (nSPS) is 19.4. The van der Waals surface area contributed by atoms with E-state index < -0.39 is 48.0 Å². The summed E-state index contributed by atoms with van der Waals surface area (Å²) in [7, 11) is 2.87. The molecule has 0 aromatic heterocycles. The van der Waals surface area contributed by atoms with E-state index in [-0.39, 0.29) is 11.4 Å². The lowest BCUT2D eigenvalue weighted by atomic mass is 10.1. The minimum atomic E-state index is -1.14. The lowest BCUT2D eigenvalue weighted by molar-refractivity contribution is -0.123. The largest absolute Gasteiger partial charge is 0.493 e. The summed E-state index contributed by atoms with van der Waals surface area (Å²) in [5.41, 5.74) is -0.114. The average Bonchev–Trinajstić information content (AvgIpc) is 3.29. The van der Waals surface area contributed by atoms with Crippen molar-refractivity contribution in [2.75, 3.05) is 31.0 Å². The van der Waals surface area contributed by atoms with E-state index in [1.807, 2.05) is 0 Å². The molecule has 2 aliphatic heterocycles. The third-order valence-electron chi connectivity index (χ3n) is 4.99. The van der Waals surface area contributed by atoms with E-state index in [2.05, 4.69) is 15.7 Å². The van der Waals surface area contributed by atoms with Crippen molar-refractivity contribution in [1.82, 2.24) is 5.01 Å². The molecular weight excluding hydrogens is 428 g/mol. The summed E-state index contributed by atoms with van der Waals surface area (Å²) in [6, 6.07) is 4.86. The molecule has 2 aromatic rings. The number of nitrogens with zero attached hydrogens (tertiary/aromatic N) is 4. The van der Waals surface area contributed by atoms with Crippen LogP contribution in [0.3, 0.4) is 0 Å². The number of ether oxygens (including phenoxy) is 2. The third kappa shape index (κ3) is 3.59. The highest BCUT2D eigenvalue weighted by atomic mass is 19.1. The van der Waals surface area contributed by atoms with E-state index in [9.17, 15) is 23.2 Å². The number of hydrogen-bond acceptors (Lipinski definition) is 8. The number of rotatable bonds is 6. The summed E-state index contributed by atoms with van der Waals surface area (Å²) < 4.78 is 37.4. The standard InChI is InChI=1S/C20H17F2N5O5/c1-31-14-6-4-11(8-15(14)32-2)27-19(29)17-18(20(27)30)26(25-24-17)9-16(28)23-13-7-10(21)3-5-12(13)22/h3-8,17-18H,9H2,1-2H3,(H,23,28)/t17-,18+/m0/s1. The van der Waals surface area contributed by atoms with Gasteiger partial charge in [0.2, 0.25) is 5.91 Å². The number of anilines is 2. The fourth-order valence-electron chi connectivity index (χ4n) is 3.50. The third-order valence-corrected chi connectivity index (χ3v) is 4.99. The van der Waals surface area contributed by atoms with Gasteiger partial charge < -0.3 is 14.8 Å². The molecule has 1 saturated heterocycles. The Bertz CT molecular complexity index is 1140. The predicted molar refractivity (Wildman–Crippen MR) is 106 cm³/mol. The average molecular weight is 445 g/mol. The van der Waals surface area contributed by atoms with Crippen LogP contribution in [0.1, 0.15) is 0 Å². The van der Waals surface area contributed by atoms with Gasteiger partial charge in [0, 0.05) is 12.1 Å². The lowest BCUT2D eigenvalue weighted by Crippen LogP contribution is -2.43. The molecule has 0 spiro atoms. The highest BCUT2D eigenvalue weighted by Crippen LogP contribution is 2.36. The van der Waals surface area contributed by atoms with Crippen LogP contribution < -0.4 is 19.7 Å². The van der Waals surface area contributed by atoms with Crippen LogP contribution in [0.15, 0.2) is 46.7 Å². The van der Waals surface area contributed by atoms with Crippen LogP contribution in [0.2, 0.25) is 0 Å². The van der Waals surface area contributed by atoms with Gasteiger partial charge in [-0.15, -0.1) is 0 Å². The molecule has 1 fully saturated rings. The van der Waals surface area contributed by atoms with E-state index in [4.69, 9.17) is 9.47 Å². The van der Waals surface area contributed by atoms with Gasteiger partial charge in [0.05, 0.1) is 25.6 Å². The molecule has 3 amide bonds. The first kappa shape index (κ1) is 21.2. The van der Waals surface area contributed by atoms with Crippen molar-refractivity contribution in [3.05, 3.63) is 48.0 Å². The van der Waals surface area contributed by atoms with Gasteiger partial charge in [0.25, 0.3) is 11.8 Å². The van der Waals surface area contributed by atoms with Gasteiger partial charge in [-0.2, -0.15) is 5.11 Å². The molecule has 12 heteroatoms. The number of methoxy groups -OCH3 is 2. The summed E-state index contributed by atoms with van der Waals surface area (Å²) in [4.78, 5) is 39.1. The van der Waals surface area contributed by atoms with Gasteiger partial charge in [-0.25, -0.2) is 13.7 Å². The first-order valence-electron chi connectivity index (χ1n) is 9.36. The van der Waals surface area contributed by atoms with Crippen molar-refractivity contribution in [3.63, 3.8) is 0 Å². The van der Waals surface area contributed by atoms with E-state index in [0.29, 0.717) is 11.5 Å². The lowest BCUT2D eigenvalue weighted by Gasteiger charge is -2.20. The molecule has 10 nitrogen and oxygen atoms in total. The van der Waals surface area contributed by atoms with E-state index >= 15 is 0 Å². The van der Waals surface area contributed by atoms with E-state index in [0.717, 1.165) is 28.1 Å². The number of carbonyl (C=O) groups excluding carboxylic acids is 3. The number of carbonyl (C=O) groups is 3. The monoisotopic (exact) mass is 445 g/mol. The number of benzene rings is 2. The summed E-state index contributed by atoms with van der Waals surface area (Å²) in [6.07, 6.45) is 0. The molecule has 32 heavy (non-hydrogen) atoms. The second-order valence-electron chi connectivity index (χ2n) is 6.92. The molecule has 1 N–H and O–H groups in total. The summed E-state index contributed by atoms with van der Waals surface area (Å²) in [6.45, 7) is -0.501. The van der Waals surface area contributed by atoms with Crippen molar-refractivity contribution in [3.8, 4) is 11.5 Å². The Morgan fingerprint density at radius 1 is 1.06 bits per heavy atom. The van der Waals surface area contributed by atoms with Crippen LogP contribution in [0.25, 0.3) is 0 Å². The van der Waals surface area contributed by atoms with Crippen LogP contribution in [-0.2, 0) is 14.4 Å². The van der Waals surface area contributed by atoms with Gasteiger partial charge >= 0.3 is 0 Å². The van der Waals surface area contributed by atoms with Crippen LogP contribution >= 0.6 is 0 Å². The van der Waals surface area contributed by atoms with Crippen LogP contribution in [-0.4, -0.2) is 55.6 Å². The Morgan fingerprint density at radius 3 is 2.53 bits per heavy atom. The molecule has 0 bridgehead atoms. The van der Waals surface area contributed by atoms with Crippen molar-refractivity contribution in [2.24, 2.45) is 10.3 Å². The van der Waals surface area contributed by atoms with Gasteiger partial charge in [-0.05, 0) is 24.3 Å². The quantitative estimate of drug-likeness (QED) is 0.680. The molecular formula is C20H17F2N5O5. The molecule has 2 heterocycles. The second-order valence-corrected chi connectivity index (χ2v) is 6.92. The maximum atomic E-state index is 13.8. The summed E-state index contributed by atoms with van der Waals surface area (Å²) >= 11 is 0. The summed E-state index contributed by atoms with van der Waals surface area (Å²) in [5, 5.41) is 10.8. The van der Waals surface area contributed by atoms with Crippen molar-refractivity contribution >= 4 is 29.1 Å². The molecule has 4 rings (SSSR count). The van der Waals surface area contributed by atoms with Crippen molar-refractivity contribution < 1.29 is 32.6 Å². The number of amides is 3. The number of imide groups is 1. The molecule has 0 radical (unpaired) electrons.